The minimum absolute atomic E-state index is 0.00646. The average molecular weight is 447 g/mol. The molecule has 1 amide bonds. The van der Waals surface area contributed by atoms with Crippen LogP contribution in [-0.4, -0.2) is 53.3 Å². The van der Waals surface area contributed by atoms with Gasteiger partial charge in [0.15, 0.2) is 12.4 Å². The molecule has 7 heteroatoms. The molecule has 3 rings (SSSR count). The molecule has 1 aliphatic heterocycles. The van der Waals surface area contributed by atoms with E-state index in [0.717, 1.165) is 11.1 Å². The monoisotopic (exact) mass is 446 g/mol. The second kappa shape index (κ2) is 9.79. The van der Waals surface area contributed by atoms with Gasteiger partial charge < -0.3 is 9.64 Å². The topological polar surface area (TPSA) is 49.9 Å². The van der Waals surface area contributed by atoms with Gasteiger partial charge in [-0.25, -0.2) is 4.39 Å². The highest BCUT2D eigenvalue weighted by atomic mass is 35.5. The largest absolute Gasteiger partial charge is 0.483 e. The van der Waals surface area contributed by atoms with Crippen molar-refractivity contribution in [3.8, 4) is 5.75 Å². The fourth-order valence-electron chi connectivity index (χ4n) is 3.86. The summed E-state index contributed by atoms with van der Waals surface area (Å²) in [5, 5.41) is 0.489. The Balaban J connectivity index is 1.62. The molecule has 0 aromatic heterocycles. The SMILES string of the molecule is CC(=O)c1cc(Cl)c(C)cc1OCC(=O)N1CC(C)N(Cc2ccc(F)cc2)CC1C. The number of piperazine rings is 1. The normalized spacial score (nSPS) is 19.4. The van der Waals surface area contributed by atoms with Gasteiger partial charge in [0, 0.05) is 36.7 Å². The van der Waals surface area contributed by atoms with E-state index in [-0.39, 0.29) is 36.2 Å². The second-order valence-corrected chi connectivity index (χ2v) is 8.65. The first-order valence-electron chi connectivity index (χ1n) is 10.4. The summed E-state index contributed by atoms with van der Waals surface area (Å²) in [7, 11) is 0. The Kier molecular flexibility index (Phi) is 7.34. The summed E-state index contributed by atoms with van der Waals surface area (Å²) in [6, 6.07) is 9.94. The molecule has 0 spiro atoms. The molecule has 1 fully saturated rings. The number of hydrogen-bond acceptors (Lipinski definition) is 4. The molecule has 1 aliphatic rings. The highest BCUT2D eigenvalue weighted by Gasteiger charge is 2.32. The number of amides is 1. The molecular weight excluding hydrogens is 419 g/mol. The van der Waals surface area contributed by atoms with Gasteiger partial charge in [-0.15, -0.1) is 0 Å². The number of benzene rings is 2. The molecule has 0 aliphatic carbocycles. The van der Waals surface area contributed by atoms with Crippen molar-refractivity contribution < 1.29 is 18.7 Å². The first-order chi connectivity index (χ1) is 14.7. The molecule has 0 radical (unpaired) electrons. The maximum absolute atomic E-state index is 13.2. The molecule has 2 aromatic carbocycles. The van der Waals surface area contributed by atoms with Crippen LogP contribution < -0.4 is 4.74 Å². The van der Waals surface area contributed by atoms with Crippen LogP contribution in [0.1, 0.15) is 42.3 Å². The van der Waals surface area contributed by atoms with Crippen LogP contribution in [0, 0.1) is 12.7 Å². The van der Waals surface area contributed by atoms with E-state index in [1.807, 2.05) is 18.7 Å². The first-order valence-corrected chi connectivity index (χ1v) is 10.8. The summed E-state index contributed by atoms with van der Waals surface area (Å²) in [6.45, 7) is 9.20. The summed E-state index contributed by atoms with van der Waals surface area (Å²) in [6.07, 6.45) is 0. The van der Waals surface area contributed by atoms with Gasteiger partial charge in [-0.3, -0.25) is 14.5 Å². The lowest BCUT2D eigenvalue weighted by Crippen LogP contribution is -2.58. The molecule has 166 valence electrons. The smallest absolute Gasteiger partial charge is 0.260 e. The number of carbonyl (C=O) groups is 2. The molecule has 31 heavy (non-hydrogen) atoms. The Hall–Kier alpha value is -2.44. The predicted octanol–water partition coefficient (Wildman–Crippen LogP) is 4.49. The van der Waals surface area contributed by atoms with Crippen LogP contribution in [0.25, 0.3) is 0 Å². The summed E-state index contributed by atoms with van der Waals surface area (Å²) >= 11 is 6.12. The number of halogens is 2. The summed E-state index contributed by atoms with van der Waals surface area (Å²) in [5.41, 5.74) is 2.19. The van der Waals surface area contributed by atoms with Crippen molar-refractivity contribution in [3.63, 3.8) is 0 Å². The third-order valence-corrected chi connectivity index (χ3v) is 6.13. The fourth-order valence-corrected chi connectivity index (χ4v) is 4.03. The molecule has 1 saturated heterocycles. The minimum atomic E-state index is -0.246. The Bertz CT molecular complexity index is 964. The number of ketones is 1. The van der Waals surface area contributed by atoms with Crippen LogP contribution in [0.5, 0.6) is 5.75 Å². The lowest BCUT2D eigenvalue weighted by atomic mass is 10.1. The number of ether oxygens (including phenoxy) is 1. The number of rotatable bonds is 6. The fraction of sp³-hybridized carbons (Fsp3) is 0.417. The van der Waals surface area contributed by atoms with Crippen LogP contribution in [0.15, 0.2) is 36.4 Å². The van der Waals surface area contributed by atoms with Crippen molar-refractivity contribution in [2.45, 2.75) is 46.3 Å². The molecule has 2 atom stereocenters. The molecule has 2 unspecified atom stereocenters. The number of carbonyl (C=O) groups excluding carboxylic acids is 2. The van der Waals surface area contributed by atoms with Gasteiger partial charge in [0.1, 0.15) is 11.6 Å². The predicted molar refractivity (Wildman–Crippen MR) is 119 cm³/mol. The van der Waals surface area contributed by atoms with E-state index >= 15 is 0 Å². The van der Waals surface area contributed by atoms with Gasteiger partial charge in [-0.05, 0) is 63.1 Å². The van der Waals surface area contributed by atoms with Gasteiger partial charge in [0.25, 0.3) is 5.91 Å². The Morgan fingerprint density at radius 3 is 2.45 bits per heavy atom. The van der Waals surface area contributed by atoms with Gasteiger partial charge in [-0.2, -0.15) is 0 Å². The van der Waals surface area contributed by atoms with E-state index in [2.05, 4.69) is 11.8 Å². The zero-order valence-electron chi connectivity index (χ0n) is 18.3. The second-order valence-electron chi connectivity index (χ2n) is 8.24. The number of aryl methyl sites for hydroxylation is 1. The van der Waals surface area contributed by atoms with Crippen molar-refractivity contribution in [2.24, 2.45) is 0 Å². The summed E-state index contributed by atoms with van der Waals surface area (Å²) in [5.74, 6) is -0.161. The third-order valence-electron chi connectivity index (χ3n) is 5.73. The van der Waals surface area contributed by atoms with Crippen molar-refractivity contribution in [2.75, 3.05) is 19.7 Å². The molecule has 0 saturated carbocycles. The van der Waals surface area contributed by atoms with E-state index < -0.39 is 0 Å². The van der Waals surface area contributed by atoms with E-state index in [1.54, 1.807) is 24.3 Å². The zero-order valence-corrected chi connectivity index (χ0v) is 19.1. The quantitative estimate of drug-likeness (QED) is 0.613. The number of Topliss-reactive ketones (excluding diaryl/α,β-unsaturated/α-hetero) is 1. The maximum atomic E-state index is 13.2. The Morgan fingerprint density at radius 1 is 1.13 bits per heavy atom. The Morgan fingerprint density at radius 2 is 1.81 bits per heavy atom. The molecule has 2 aromatic rings. The van der Waals surface area contributed by atoms with Crippen molar-refractivity contribution >= 4 is 23.3 Å². The van der Waals surface area contributed by atoms with E-state index in [0.29, 0.717) is 36.0 Å². The number of hydrogen-bond donors (Lipinski definition) is 0. The van der Waals surface area contributed by atoms with Crippen molar-refractivity contribution in [3.05, 3.63) is 63.9 Å². The standard InChI is InChI=1S/C24H28ClFN2O3/c1-15-9-23(21(18(4)29)10-22(15)25)31-14-24(30)28-12-16(2)27(11-17(28)3)13-19-5-7-20(26)8-6-19/h5-10,16-17H,11-14H2,1-4H3. The molecule has 1 heterocycles. The Labute approximate surface area is 187 Å². The lowest BCUT2D eigenvalue weighted by molar-refractivity contribution is -0.139. The lowest BCUT2D eigenvalue weighted by Gasteiger charge is -2.44. The highest BCUT2D eigenvalue weighted by Crippen LogP contribution is 2.27. The van der Waals surface area contributed by atoms with Gasteiger partial charge in [0.05, 0.1) is 5.56 Å². The van der Waals surface area contributed by atoms with E-state index in [9.17, 15) is 14.0 Å². The van der Waals surface area contributed by atoms with Gasteiger partial charge in [0.2, 0.25) is 0 Å². The van der Waals surface area contributed by atoms with E-state index in [1.165, 1.54) is 19.1 Å². The number of nitrogens with zero attached hydrogens (tertiary/aromatic N) is 2. The average Bonchev–Trinajstić information content (AvgIpc) is 2.72. The van der Waals surface area contributed by atoms with Gasteiger partial charge in [-0.1, -0.05) is 23.7 Å². The minimum Gasteiger partial charge on any atom is -0.483 e. The highest BCUT2D eigenvalue weighted by molar-refractivity contribution is 6.31. The summed E-state index contributed by atoms with van der Waals surface area (Å²) < 4.78 is 18.9. The molecule has 5 nitrogen and oxygen atoms in total. The third kappa shape index (κ3) is 5.63. The van der Waals surface area contributed by atoms with Gasteiger partial charge >= 0.3 is 0 Å². The van der Waals surface area contributed by atoms with E-state index in [4.69, 9.17) is 16.3 Å². The molecule has 0 N–H and O–H groups in total. The van der Waals surface area contributed by atoms with Crippen LogP contribution in [-0.2, 0) is 11.3 Å². The van der Waals surface area contributed by atoms with Crippen molar-refractivity contribution in [1.82, 2.24) is 9.80 Å². The van der Waals surface area contributed by atoms with Crippen LogP contribution >= 0.6 is 11.6 Å². The van der Waals surface area contributed by atoms with Crippen molar-refractivity contribution in [1.29, 1.82) is 0 Å². The van der Waals surface area contributed by atoms with Crippen LogP contribution in [0.3, 0.4) is 0 Å². The summed E-state index contributed by atoms with van der Waals surface area (Å²) in [4.78, 5) is 28.9. The van der Waals surface area contributed by atoms with Crippen LogP contribution in [0.2, 0.25) is 5.02 Å². The first kappa shape index (κ1) is 23.2. The molecular formula is C24H28ClFN2O3. The maximum Gasteiger partial charge on any atom is 0.260 e. The zero-order chi connectivity index (χ0) is 22.7. The van der Waals surface area contributed by atoms with Crippen LogP contribution in [0.4, 0.5) is 4.39 Å². The molecule has 0 bridgehead atoms.